The molecule has 2 heterocycles. The van der Waals surface area contributed by atoms with E-state index in [1.54, 1.807) is 0 Å². The van der Waals surface area contributed by atoms with E-state index in [1.807, 2.05) is 11.4 Å². The van der Waals surface area contributed by atoms with Crippen molar-refractivity contribution in [1.29, 1.82) is 0 Å². The summed E-state index contributed by atoms with van der Waals surface area (Å²) in [6, 6.07) is 1.88. The Balaban J connectivity index is 1.93. The molecule has 1 amide bonds. The largest absolute Gasteiger partial charge is 0.350 e. The molecule has 2 rings (SSSR count). The van der Waals surface area contributed by atoms with Gasteiger partial charge in [-0.2, -0.15) is 0 Å². The van der Waals surface area contributed by atoms with Crippen LogP contribution in [0.1, 0.15) is 29.7 Å². The van der Waals surface area contributed by atoms with Gasteiger partial charge in [-0.05, 0) is 18.9 Å². The van der Waals surface area contributed by atoms with E-state index in [9.17, 15) is 13.2 Å². The van der Waals surface area contributed by atoms with Crippen molar-refractivity contribution < 1.29 is 13.2 Å². The number of nitrogens with two attached hydrogens (primary N) is 1. The van der Waals surface area contributed by atoms with Gasteiger partial charge in [0.2, 0.25) is 5.91 Å². The van der Waals surface area contributed by atoms with Crippen LogP contribution in [-0.4, -0.2) is 31.9 Å². The first-order valence-corrected chi connectivity index (χ1v) is 9.38. The smallest absolute Gasteiger partial charge is 0.238 e. The summed E-state index contributed by atoms with van der Waals surface area (Å²) in [6.45, 7) is 0.640. The summed E-state index contributed by atoms with van der Waals surface area (Å²) in [7, 11) is -3.28. The topological polar surface area (TPSA) is 89.3 Å². The lowest BCUT2D eigenvalue weighted by atomic mass is 10.2. The van der Waals surface area contributed by atoms with E-state index in [-0.39, 0.29) is 5.75 Å². The maximum atomic E-state index is 12.0. The fourth-order valence-electron chi connectivity index (χ4n) is 2.23. The van der Waals surface area contributed by atoms with Crippen molar-refractivity contribution in [2.45, 2.75) is 31.1 Å². The molecular weight excluding hydrogens is 308 g/mol. The molecule has 0 aromatic carbocycles. The van der Waals surface area contributed by atoms with Crippen LogP contribution in [0.25, 0.3) is 0 Å². The van der Waals surface area contributed by atoms with Crippen molar-refractivity contribution in [1.82, 2.24) is 5.32 Å². The first kappa shape index (κ1) is 16.0. The molecule has 5 nitrogen and oxygen atoms in total. The zero-order chi connectivity index (χ0) is 15.3. The number of carbonyl (C=O) groups excluding carboxylic acids is 1. The summed E-state index contributed by atoms with van der Waals surface area (Å²) in [6.07, 6.45) is 1.86. The Morgan fingerprint density at radius 3 is 3.00 bits per heavy atom. The summed E-state index contributed by atoms with van der Waals surface area (Å²) < 4.78 is 23.7. The molecule has 7 heteroatoms. The molecule has 1 aromatic rings. The Morgan fingerprint density at radius 2 is 2.29 bits per heavy atom. The minimum Gasteiger partial charge on any atom is -0.350 e. The van der Waals surface area contributed by atoms with Gasteiger partial charge < -0.3 is 11.1 Å². The van der Waals surface area contributed by atoms with Gasteiger partial charge in [-0.3, -0.25) is 4.79 Å². The van der Waals surface area contributed by atoms with Crippen molar-refractivity contribution in [2.24, 2.45) is 5.73 Å². The number of carbonyl (C=O) groups is 1. The van der Waals surface area contributed by atoms with Gasteiger partial charge in [0.25, 0.3) is 0 Å². The number of sulfone groups is 1. The number of thiophene rings is 1. The molecule has 3 N–H and O–H groups in total. The number of hydrogen-bond acceptors (Lipinski definition) is 5. The van der Waals surface area contributed by atoms with Gasteiger partial charge in [0.1, 0.15) is 5.25 Å². The second-order valence-corrected chi connectivity index (χ2v) is 8.18. The zero-order valence-electron chi connectivity index (χ0n) is 11.6. The van der Waals surface area contributed by atoms with Crippen LogP contribution in [0.4, 0.5) is 0 Å². The minimum absolute atomic E-state index is 0.114. The van der Waals surface area contributed by atoms with Crippen LogP contribution in [0.5, 0.6) is 0 Å². The van der Waals surface area contributed by atoms with Crippen LogP contribution in [0.15, 0.2) is 11.4 Å². The van der Waals surface area contributed by atoms with E-state index in [1.165, 1.54) is 11.3 Å². The van der Waals surface area contributed by atoms with E-state index in [4.69, 9.17) is 5.73 Å². The molecule has 0 radical (unpaired) electrons. The van der Waals surface area contributed by atoms with Gasteiger partial charge in [0.15, 0.2) is 9.84 Å². The maximum absolute atomic E-state index is 12.0. The van der Waals surface area contributed by atoms with Crippen molar-refractivity contribution >= 4 is 27.1 Å². The van der Waals surface area contributed by atoms with Crippen LogP contribution in [-0.2, 0) is 21.2 Å². The summed E-state index contributed by atoms with van der Waals surface area (Å²) in [5.74, 6) is 5.40. The van der Waals surface area contributed by atoms with E-state index in [0.29, 0.717) is 25.9 Å². The SMILES string of the molecule is NCC#Cc1csc(CNC(=O)C2CCCCS2(=O)=O)c1. The van der Waals surface area contributed by atoms with Crippen LogP contribution >= 0.6 is 11.3 Å². The Labute approximate surface area is 128 Å². The molecule has 0 aliphatic carbocycles. The molecule has 21 heavy (non-hydrogen) atoms. The van der Waals surface area contributed by atoms with Gasteiger partial charge in [-0.15, -0.1) is 11.3 Å². The van der Waals surface area contributed by atoms with Crippen molar-refractivity contribution in [3.8, 4) is 11.8 Å². The van der Waals surface area contributed by atoms with Gasteiger partial charge >= 0.3 is 0 Å². The zero-order valence-corrected chi connectivity index (χ0v) is 13.2. The third kappa shape index (κ3) is 4.30. The Kier molecular flexibility index (Phi) is 5.39. The molecule has 1 aromatic heterocycles. The molecule has 1 aliphatic rings. The fourth-order valence-corrected chi connectivity index (χ4v) is 4.81. The molecule has 1 atom stereocenters. The molecule has 0 saturated carbocycles. The number of nitrogens with one attached hydrogen (secondary N) is 1. The van der Waals surface area contributed by atoms with Gasteiger partial charge in [-0.25, -0.2) is 8.42 Å². The van der Waals surface area contributed by atoms with Crippen LogP contribution in [0.3, 0.4) is 0 Å². The third-order valence-corrected chi connectivity index (χ3v) is 6.41. The average Bonchev–Trinajstić information content (AvgIpc) is 2.90. The van der Waals surface area contributed by atoms with Crippen molar-refractivity contribution in [3.63, 3.8) is 0 Å². The highest BCUT2D eigenvalue weighted by atomic mass is 32.2. The summed E-state index contributed by atoms with van der Waals surface area (Å²) in [5, 5.41) is 3.72. The van der Waals surface area contributed by atoms with E-state index < -0.39 is 21.0 Å². The normalized spacial score (nSPS) is 20.3. The summed E-state index contributed by atoms with van der Waals surface area (Å²) in [4.78, 5) is 13.0. The second-order valence-electron chi connectivity index (χ2n) is 4.88. The highest BCUT2D eigenvalue weighted by Crippen LogP contribution is 2.20. The minimum atomic E-state index is -3.28. The van der Waals surface area contributed by atoms with Gasteiger partial charge in [-0.1, -0.05) is 18.3 Å². The molecule has 114 valence electrons. The molecule has 0 bridgehead atoms. The standard InChI is InChI=1S/C14H18N2O3S2/c15-6-3-4-11-8-12(20-10-11)9-16-14(17)13-5-1-2-7-21(13,18)19/h8,10,13H,1-2,5-7,9,15H2,(H,16,17). The Morgan fingerprint density at radius 1 is 1.48 bits per heavy atom. The van der Waals surface area contributed by atoms with Crippen molar-refractivity contribution in [2.75, 3.05) is 12.3 Å². The first-order chi connectivity index (χ1) is 10.0. The Hall–Kier alpha value is -1.36. The predicted octanol–water partition coefficient (Wildman–Crippen LogP) is 0.642. The molecule has 1 fully saturated rings. The van der Waals surface area contributed by atoms with E-state index in [2.05, 4.69) is 17.2 Å². The molecule has 1 unspecified atom stereocenters. The molecule has 1 aliphatic heterocycles. The van der Waals surface area contributed by atoms with E-state index >= 15 is 0 Å². The predicted molar refractivity (Wildman–Crippen MR) is 83.5 cm³/mol. The molecule has 0 spiro atoms. The van der Waals surface area contributed by atoms with E-state index in [0.717, 1.165) is 16.9 Å². The summed E-state index contributed by atoms with van der Waals surface area (Å²) >= 11 is 1.48. The third-order valence-electron chi connectivity index (χ3n) is 3.30. The Bertz CT molecular complexity index is 668. The van der Waals surface area contributed by atoms with Crippen LogP contribution in [0, 0.1) is 11.8 Å². The molecular formula is C14H18N2O3S2. The number of rotatable bonds is 3. The average molecular weight is 326 g/mol. The first-order valence-electron chi connectivity index (χ1n) is 6.78. The van der Waals surface area contributed by atoms with Gasteiger partial charge in [0.05, 0.1) is 18.8 Å². The molecule has 1 saturated heterocycles. The van der Waals surface area contributed by atoms with Crippen LogP contribution < -0.4 is 11.1 Å². The highest BCUT2D eigenvalue weighted by molar-refractivity contribution is 7.92. The number of hydrogen-bond donors (Lipinski definition) is 2. The van der Waals surface area contributed by atoms with Crippen LogP contribution in [0.2, 0.25) is 0 Å². The quantitative estimate of drug-likeness (QED) is 0.798. The lowest BCUT2D eigenvalue weighted by Gasteiger charge is -2.21. The fraction of sp³-hybridized carbons (Fsp3) is 0.500. The maximum Gasteiger partial charge on any atom is 0.238 e. The summed E-state index contributed by atoms with van der Waals surface area (Å²) in [5.41, 5.74) is 6.17. The monoisotopic (exact) mass is 326 g/mol. The lowest BCUT2D eigenvalue weighted by Crippen LogP contribution is -2.42. The highest BCUT2D eigenvalue weighted by Gasteiger charge is 2.34. The lowest BCUT2D eigenvalue weighted by molar-refractivity contribution is -0.121. The van der Waals surface area contributed by atoms with Crippen molar-refractivity contribution in [3.05, 3.63) is 21.9 Å². The second kappa shape index (κ2) is 7.07. The number of amides is 1. The van der Waals surface area contributed by atoms with Gasteiger partial charge in [0, 0.05) is 15.8 Å².